The van der Waals surface area contributed by atoms with Gasteiger partial charge >= 0.3 is 6.09 Å². The van der Waals surface area contributed by atoms with Crippen LogP contribution in [0.15, 0.2) is 36.4 Å². The monoisotopic (exact) mass is 412 g/mol. The summed E-state index contributed by atoms with van der Waals surface area (Å²) in [7, 11) is 0. The van der Waals surface area contributed by atoms with Crippen molar-refractivity contribution in [2.45, 2.75) is 44.2 Å². The van der Waals surface area contributed by atoms with Crippen molar-refractivity contribution in [2.75, 3.05) is 19.6 Å². The normalized spacial score (nSPS) is 27.4. The highest BCUT2D eigenvalue weighted by Gasteiger charge is 2.37. The summed E-state index contributed by atoms with van der Waals surface area (Å²) in [4.78, 5) is 15.0. The molecule has 3 saturated heterocycles. The van der Waals surface area contributed by atoms with Gasteiger partial charge in [0, 0.05) is 18.2 Å². The van der Waals surface area contributed by atoms with E-state index in [1.54, 1.807) is 0 Å². The van der Waals surface area contributed by atoms with Gasteiger partial charge in [0.2, 0.25) is 0 Å². The molecule has 6 rings (SSSR count). The number of alkyl carbamates (subject to hydrolysis) is 1. The summed E-state index contributed by atoms with van der Waals surface area (Å²) in [5.74, 6) is -0.714. The van der Waals surface area contributed by atoms with Gasteiger partial charge in [-0.25, -0.2) is 13.6 Å². The Labute approximate surface area is 175 Å². The molecule has 3 fully saturated rings. The molecule has 4 nitrogen and oxygen atoms in total. The van der Waals surface area contributed by atoms with Crippen molar-refractivity contribution in [2.24, 2.45) is 5.92 Å². The summed E-state index contributed by atoms with van der Waals surface area (Å²) >= 11 is 0. The fourth-order valence-corrected chi connectivity index (χ4v) is 5.20. The van der Waals surface area contributed by atoms with Gasteiger partial charge < -0.3 is 10.1 Å². The van der Waals surface area contributed by atoms with E-state index in [0.717, 1.165) is 68.9 Å². The number of piperidine rings is 3. The number of hydrogen-bond donors (Lipinski definition) is 1. The van der Waals surface area contributed by atoms with Crippen LogP contribution in [0.4, 0.5) is 13.6 Å². The Morgan fingerprint density at radius 2 is 1.90 bits per heavy atom. The highest BCUT2D eigenvalue weighted by molar-refractivity contribution is 5.70. The van der Waals surface area contributed by atoms with E-state index in [-0.39, 0.29) is 18.2 Å². The Morgan fingerprint density at radius 1 is 1.07 bits per heavy atom. The summed E-state index contributed by atoms with van der Waals surface area (Å²) in [5.41, 5.74) is 3.19. The van der Waals surface area contributed by atoms with Gasteiger partial charge in [0.15, 0.2) is 0 Å². The van der Waals surface area contributed by atoms with Crippen molar-refractivity contribution in [3.63, 3.8) is 0 Å². The van der Waals surface area contributed by atoms with Crippen LogP contribution in [0, 0.1) is 17.6 Å². The Kier molecular flexibility index (Phi) is 5.19. The third-order valence-corrected chi connectivity index (χ3v) is 6.85. The zero-order valence-corrected chi connectivity index (χ0v) is 16.9. The molecule has 1 unspecified atom stereocenters. The highest BCUT2D eigenvalue weighted by atomic mass is 19.1. The molecule has 2 aromatic carbocycles. The maximum atomic E-state index is 14.3. The molecule has 1 N–H and O–H groups in total. The molecule has 0 radical (unpaired) electrons. The topological polar surface area (TPSA) is 41.6 Å². The van der Waals surface area contributed by atoms with E-state index in [1.165, 1.54) is 12.1 Å². The van der Waals surface area contributed by atoms with E-state index in [0.29, 0.717) is 17.0 Å². The van der Waals surface area contributed by atoms with Crippen LogP contribution in [0.1, 0.15) is 42.9 Å². The number of aryl methyl sites for hydroxylation is 1. The molecule has 2 atom stereocenters. The van der Waals surface area contributed by atoms with E-state index in [2.05, 4.69) is 10.2 Å². The number of hydrogen-bond acceptors (Lipinski definition) is 3. The predicted octanol–water partition coefficient (Wildman–Crippen LogP) is 4.83. The zero-order valence-electron chi connectivity index (χ0n) is 16.9. The number of carbonyl (C=O) groups is 1. The number of amides is 1. The second-order valence-electron chi connectivity index (χ2n) is 8.71. The number of carbonyl (C=O) groups excluding carboxylic acids is 1. The molecule has 158 valence electrons. The van der Waals surface area contributed by atoms with Crippen molar-refractivity contribution >= 4 is 6.09 Å². The molecule has 30 heavy (non-hydrogen) atoms. The molecule has 0 aromatic heterocycles. The second-order valence-corrected chi connectivity index (χ2v) is 8.71. The van der Waals surface area contributed by atoms with Crippen LogP contribution in [0.3, 0.4) is 0 Å². The van der Waals surface area contributed by atoms with Gasteiger partial charge in [0.05, 0.1) is 6.04 Å². The number of rotatable bonds is 3. The van der Waals surface area contributed by atoms with Gasteiger partial charge in [-0.2, -0.15) is 0 Å². The van der Waals surface area contributed by atoms with E-state index in [9.17, 15) is 13.6 Å². The lowest BCUT2D eigenvalue weighted by atomic mass is 9.85. The van der Waals surface area contributed by atoms with Crippen LogP contribution in [-0.4, -0.2) is 36.7 Å². The minimum absolute atomic E-state index is 0.0322. The minimum atomic E-state index is -0.593. The van der Waals surface area contributed by atoms with Crippen LogP contribution >= 0.6 is 0 Å². The third-order valence-electron chi connectivity index (χ3n) is 6.85. The van der Waals surface area contributed by atoms with Gasteiger partial charge in [0.1, 0.15) is 17.7 Å². The van der Waals surface area contributed by atoms with E-state index in [4.69, 9.17) is 4.74 Å². The lowest BCUT2D eigenvalue weighted by molar-refractivity contribution is -0.0340. The Morgan fingerprint density at radius 3 is 2.63 bits per heavy atom. The highest BCUT2D eigenvalue weighted by Crippen LogP contribution is 2.35. The first-order chi connectivity index (χ1) is 14.6. The predicted molar refractivity (Wildman–Crippen MR) is 110 cm³/mol. The van der Waals surface area contributed by atoms with Gasteiger partial charge in [-0.15, -0.1) is 0 Å². The molecule has 3 heterocycles. The van der Waals surface area contributed by atoms with Crippen LogP contribution < -0.4 is 5.32 Å². The van der Waals surface area contributed by atoms with Gasteiger partial charge in [-0.3, -0.25) is 4.90 Å². The molecule has 3 aliphatic heterocycles. The lowest BCUT2D eigenvalue weighted by Crippen LogP contribution is -2.52. The Balaban J connectivity index is 1.33. The van der Waals surface area contributed by atoms with Gasteiger partial charge in [-0.1, -0.05) is 12.1 Å². The van der Waals surface area contributed by atoms with Crippen LogP contribution in [0.2, 0.25) is 0 Å². The number of nitrogens with zero attached hydrogens (tertiary/aromatic N) is 1. The molecule has 2 bridgehead atoms. The average molecular weight is 412 g/mol. The number of fused-ring (bicyclic) bond motifs is 4. The summed E-state index contributed by atoms with van der Waals surface area (Å²) in [6.07, 6.45) is 4.50. The fourth-order valence-electron chi connectivity index (χ4n) is 5.20. The Hall–Kier alpha value is -2.47. The van der Waals surface area contributed by atoms with Crippen LogP contribution in [-0.2, 0) is 11.2 Å². The SMILES string of the molecule is O=C(NC1CCCc2ccc(-c3ccc(F)cc3F)cc21)O[C@@H]1CN2CCC1CC2. The van der Waals surface area contributed by atoms with E-state index >= 15 is 0 Å². The third kappa shape index (κ3) is 3.81. The molecule has 0 saturated carbocycles. The number of ether oxygens (including phenoxy) is 1. The summed E-state index contributed by atoms with van der Waals surface area (Å²) in [6, 6.07) is 9.23. The first-order valence-electron chi connectivity index (χ1n) is 10.8. The van der Waals surface area contributed by atoms with Gasteiger partial charge in [0.25, 0.3) is 0 Å². The second kappa shape index (κ2) is 7.99. The standard InChI is InChI=1S/C24H26F2N2O2/c25-18-6-7-19(21(26)13-18)17-5-4-15-2-1-3-22(20(15)12-17)27-24(29)30-23-14-28-10-8-16(23)9-11-28/h4-7,12-13,16,22-23H,1-3,8-11,14H2,(H,27,29)/t22?,23-/m1/s1. The lowest BCUT2D eigenvalue weighted by Gasteiger charge is -2.44. The van der Waals surface area contributed by atoms with Crippen molar-refractivity contribution in [1.82, 2.24) is 10.2 Å². The van der Waals surface area contributed by atoms with E-state index in [1.807, 2.05) is 18.2 Å². The van der Waals surface area contributed by atoms with Crippen LogP contribution in [0.5, 0.6) is 0 Å². The number of nitrogens with one attached hydrogen (secondary N) is 1. The maximum absolute atomic E-state index is 14.3. The molecule has 4 aliphatic rings. The smallest absolute Gasteiger partial charge is 0.407 e. The first-order valence-corrected chi connectivity index (χ1v) is 10.8. The quantitative estimate of drug-likeness (QED) is 0.785. The van der Waals surface area contributed by atoms with Crippen molar-refractivity contribution in [1.29, 1.82) is 0 Å². The first kappa shape index (κ1) is 19.5. The van der Waals surface area contributed by atoms with Crippen molar-refractivity contribution < 1.29 is 18.3 Å². The molecular weight excluding hydrogens is 386 g/mol. The summed E-state index contributed by atoms with van der Waals surface area (Å²) in [5, 5.41) is 3.05. The molecule has 6 heteroatoms. The van der Waals surface area contributed by atoms with Crippen molar-refractivity contribution in [3.05, 3.63) is 59.2 Å². The van der Waals surface area contributed by atoms with Gasteiger partial charge in [-0.05, 0) is 86.0 Å². The van der Waals surface area contributed by atoms with Crippen LogP contribution in [0.25, 0.3) is 11.1 Å². The zero-order chi connectivity index (χ0) is 20.7. The summed E-state index contributed by atoms with van der Waals surface area (Å²) in [6.45, 7) is 3.03. The Bertz CT molecular complexity index is 956. The molecule has 2 aromatic rings. The molecule has 1 amide bonds. The fraction of sp³-hybridized carbons (Fsp3) is 0.458. The molecule has 0 spiro atoms. The van der Waals surface area contributed by atoms with E-state index < -0.39 is 11.6 Å². The average Bonchev–Trinajstić information content (AvgIpc) is 2.75. The van der Waals surface area contributed by atoms with Crippen molar-refractivity contribution in [3.8, 4) is 11.1 Å². The molecule has 1 aliphatic carbocycles. The molecular formula is C24H26F2N2O2. The number of halogens is 2. The maximum Gasteiger partial charge on any atom is 0.407 e. The largest absolute Gasteiger partial charge is 0.445 e. The number of benzene rings is 2. The minimum Gasteiger partial charge on any atom is -0.445 e. The summed E-state index contributed by atoms with van der Waals surface area (Å²) < 4.78 is 33.4.